The van der Waals surface area contributed by atoms with Crippen LogP contribution >= 0.6 is 23.4 Å². The molecule has 1 saturated carbocycles. The quantitative estimate of drug-likeness (QED) is 0.788. The zero-order chi connectivity index (χ0) is 13.7. The molecule has 1 aromatic rings. The molecule has 3 atom stereocenters. The first-order chi connectivity index (χ1) is 9.22. The van der Waals surface area contributed by atoms with Crippen molar-refractivity contribution < 1.29 is 0 Å². The number of hydrogen-bond donors (Lipinski definition) is 1. The molecule has 0 bridgehead atoms. The van der Waals surface area contributed by atoms with Gasteiger partial charge in [0.1, 0.15) is 0 Å². The van der Waals surface area contributed by atoms with Gasteiger partial charge >= 0.3 is 0 Å². The van der Waals surface area contributed by atoms with E-state index in [4.69, 9.17) is 11.6 Å². The van der Waals surface area contributed by atoms with E-state index < -0.39 is 0 Å². The number of thioether (sulfide) groups is 1. The lowest BCUT2D eigenvalue weighted by atomic mass is 10.0. The lowest BCUT2D eigenvalue weighted by molar-refractivity contribution is 0.417. The molecule has 1 fully saturated rings. The molecule has 0 saturated heterocycles. The minimum atomic E-state index is 0.480. The standard InChI is InChI=1S/C16H24ClNS/c1-3-4-16(12-5-7-13(17)8-6-12)18-14-9-10-15(11-14)19-2/h5-8,14-16,18H,3-4,9-11H2,1-2H3. The minimum Gasteiger partial charge on any atom is -0.307 e. The molecule has 106 valence electrons. The maximum absolute atomic E-state index is 5.98. The summed E-state index contributed by atoms with van der Waals surface area (Å²) in [4.78, 5) is 0. The fourth-order valence-electron chi connectivity index (χ4n) is 2.92. The maximum atomic E-state index is 5.98. The number of rotatable bonds is 6. The maximum Gasteiger partial charge on any atom is 0.0406 e. The Balaban J connectivity index is 1.98. The summed E-state index contributed by atoms with van der Waals surface area (Å²) >= 11 is 8.00. The fourth-order valence-corrected chi connectivity index (χ4v) is 3.84. The monoisotopic (exact) mass is 297 g/mol. The summed E-state index contributed by atoms with van der Waals surface area (Å²) < 4.78 is 0. The van der Waals surface area contributed by atoms with Crippen molar-refractivity contribution in [2.75, 3.05) is 6.26 Å². The van der Waals surface area contributed by atoms with Crippen molar-refractivity contribution in [2.45, 2.75) is 56.4 Å². The third-order valence-corrected chi connectivity index (χ3v) is 5.35. The van der Waals surface area contributed by atoms with Crippen LogP contribution in [0.4, 0.5) is 0 Å². The predicted octanol–water partition coefficient (Wildman–Crippen LogP) is 5.05. The average molecular weight is 298 g/mol. The largest absolute Gasteiger partial charge is 0.307 e. The van der Waals surface area contributed by atoms with Crippen LogP contribution in [-0.4, -0.2) is 17.5 Å². The van der Waals surface area contributed by atoms with Crippen molar-refractivity contribution in [3.63, 3.8) is 0 Å². The van der Waals surface area contributed by atoms with E-state index in [2.05, 4.69) is 30.6 Å². The van der Waals surface area contributed by atoms with Gasteiger partial charge in [0.15, 0.2) is 0 Å². The van der Waals surface area contributed by atoms with Crippen molar-refractivity contribution in [1.29, 1.82) is 0 Å². The van der Waals surface area contributed by atoms with Crippen LogP contribution in [0.15, 0.2) is 24.3 Å². The molecule has 0 amide bonds. The molecular formula is C16H24ClNS. The molecule has 1 aromatic carbocycles. The summed E-state index contributed by atoms with van der Waals surface area (Å²) in [7, 11) is 0. The lowest BCUT2D eigenvalue weighted by Crippen LogP contribution is -2.31. The molecule has 1 nitrogen and oxygen atoms in total. The van der Waals surface area contributed by atoms with E-state index in [1.54, 1.807) is 0 Å². The van der Waals surface area contributed by atoms with Crippen molar-refractivity contribution in [2.24, 2.45) is 0 Å². The van der Waals surface area contributed by atoms with Gasteiger partial charge in [-0.15, -0.1) is 0 Å². The number of nitrogens with one attached hydrogen (secondary N) is 1. The Morgan fingerprint density at radius 3 is 2.63 bits per heavy atom. The van der Waals surface area contributed by atoms with Gasteiger partial charge in [-0.2, -0.15) is 11.8 Å². The summed E-state index contributed by atoms with van der Waals surface area (Å²) in [5, 5.41) is 5.53. The Morgan fingerprint density at radius 1 is 1.32 bits per heavy atom. The smallest absolute Gasteiger partial charge is 0.0406 e. The van der Waals surface area contributed by atoms with Crippen molar-refractivity contribution in [3.8, 4) is 0 Å². The lowest BCUT2D eigenvalue weighted by Gasteiger charge is -2.23. The third-order valence-electron chi connectivity index (χ3n) is 4.00. The number of benzene rings is 1. The molecule has 1 aliphatic rings. The molecule has 3 heteroatoms. The van der Waals surface area contributed by atoms with Gasteiger partial charge in [0.05, 0.1) is 0 Å². The Hall–Kier alpha value is -0.180. The summed E-state index contributed by atoms with van der Waals surface area (Å²) in [6.45, 7) is 2.25. The molecule has 0 radical (unpaired) electrons. The molecule has 1 aliphatic carbocycles. The summed E-state index contributed by atoms with van der Waals surface area (Å²) in [6.07, 6.45) is 8.63. The molecule has 1 N–H and O–H groups in total. The SMILES string of the molecule is CCCC(NC1CCC(SC)C1)c1ccc(Cl)cc1. The van der Waals surface area contributed by atoms with Crippen molar-refractivity contribution >= 4 is 23.4 Å². The van der Waals surface area contributed by atoms with E-state index >= 15 is 0 Å². The normalized spacial score (nSPS) is 24.6. The van der Waals surface area contributed by atoms with Gasteiger partial charge in [0.25, 0.3) is 0 Å². The fraction of sp³-hybridized carbons (Fsp3) is 0.625. The second-order valence-corrected chi connectivity index (χ2v) is 7.00. The molecule has 0 spiro atoms. The zero-order valence-corrected chi connectivity index (χ0v) is 13.4. The Kier molecular flexibility index (Phi) is 6.06. The molecule has 0 aromatic heterocycles. The van der Waals surface area contributed by atoms with Crippen LogP contribution in [0, 0.1) is 0 Å². The van der Waals surface area contributed by atoms with Crippen LogP contribution in [0.25, 0.3) is 0 Å². The molecule has 3 unspecified atom stereocenters. The van der Waals surface area contributed by atoms with E-state index in [1.807, 2.05) is 23.9 Å². The Bertz CT molecular complexity index is 379. The highest BCUT2D eigenvalue weighted by Crippen LogP contribution is 2.31. The summed E-state index contributed by atoms with van der Waals surface area (Å²) in [5.74, 6) is 0. The first-order valence-corrected chi connectivity index (χ1v) is 8.93. The van der Waals surface area contributed by atoms with E-state index in [9.17, 15) is 0 Å². The minimum absolute atomic E-state index is 0.480. The first kappa shape index (κ1) is 15.2. The van der Waals surface area contributed by atoms with Gasteiger partial charge in [0, 0.05) is 22.4 Å². The van der Waals surface area contributed by atoms with Crippen LogP contribution in [0.5, 0.6) is 0 Å². The second kappa shape index (κ2) is 7.56. The van der Waals surface area contributed by atoms with E-state index in [0.717, 1.165) is 10.3 Å². The number of halogens is 1. The van der Waals surface area contributed by atoms with Gasteiger partial charge < -0.3 is 5.32 Å². The highest BCUT2D eigenvalue weighted by Gasteiger charge is 2.25. The van der Waals surface area contributed by atoms with Gasteiger partial charge in [-0.25, -0.2) is 0 Å². The summed E-state index contributed by atoms with van der Waals surface area (Å²) in [6, 6.07) is 9.49. The molecule has 19 heavy (non-hydrogen) atoms. The van der Waals surface area contributed by atoms with Crippen LogP contribution < -0.4 is 5.32 Å². The van der Waals surface area contributed by atoms with Crippen LogP contribution in [0.1, 0.15) is 50.6 Å². The van der Waals surface area contributed by atoms with Gasteiger partial charge in [-0.3, -0.25) is 0 Å². The molecule has 0 aliphatic heterocycles. The van der Waals surface area contributed by atoms with E-state index in [0.29, 0.717) is 12.1 Å². The van der Waals surface area contributed by atoms with Crippen molar-refractivity contribution in [1.82, 2.24) is 5.32 Å². The average Bonchev–Trinajstić information content (AvgIpc) is 2.87. The van der Waals surface area contributed by atoms with Crippen molar-refractivity contribution in [3.05, 3.63) is 34.9 Å². The van der Waals surface area contributed by atoms with Gasteiger partial charge in [-0.1, -0.05) is 37.1 Å². The third kappa shape index (κ3) is 4.40. The van der Waals surface area contributed by atoms with E-state index in [-0.39, 0.29) is 0 Å². The van der Waals surface area contributed by atoms with Crippen LogP contribution in [-0.2, 0) is 0 Å². The highest BCUT2D eigenvalue weighted by atomic mass is 35.5. The van der Waals surface area contributed by atoms with Crippen LogP contribution in [0.2, 0.25) is 5.02 Å². The topological polar surface area (TPSA) is 12.0 Å². The highest BCUT2D eigenvalue weighted by molar-refractivity contribution is 7.99. The Morgan fingerprint density at radius 2 is 2.05 bits per heavy atom. The summed E-state index contributed by atoms with van der Waals surface area (Å²) in [5.41, 5.74) is 1.37. The number of hydrogen-bond acceptors (Lipinski definition) is 2. The molecule has 0 heterocycles. The predicted molar refractivity (Wildman–Crippen MR) is 87.2 cm³/mol. The van der Waals surface area contributed by atoms with Gasteiger partial charge in [0.2, 0.25) is 0 Å². The second-order valence-electron chi connectivity index (χ2n) is 5.43. The van der Waals surface area contributed by atoms with E-state index in [1.165, 1.54) is 37.7 Å². The first-order valence-electron chi connectivity index (χ1n) is 7.27. The Labute approximate surface area is 126 Å². The van der Waals surface area contributed by atoms with Gasteiger partial charge in [-0.05, 0) is 49.6 Å². The molecule has 2 rings (SSSR count). The zero-order valence-electron chi connectivity index (χ0n) is 11.9. The van der Waals surface area contributed by atoms with Crippen LogP contribution in [0.3, 0.4) is 0 Å². The molecular weight excluding hydrogens is 274 g/mol.